The van der Waals surface area contributed by atoms with Gasteiger partial charge in [0.25, 0.3) is 15.7 Å². The van der Waals surface area contributed by atoms with Gasteiger partial charge in [-0.1, -0.05) is 11.6 Å². The molecule has 3 aromatic heterocycles. The van der Waals surface area contributed by atoms with Crippen LogP contribution in [0.4, 0.5) is 5.69 Å². The normalized spacial score (nSPS) is 11.6. The van der Waals surface area contributed by atoms with Crippen LogP contribution in [0.1, 0.15) is 11.1 Å². The molecular formula is C15H10ClN7O4S. The van der Waals surface area contributed by atoms with Crippen LogP contribution in [0.25, 0.3) is 11.6 Å². The van der Waals surface area contributed by atoms with Crippen LogP contribution in [0, 0.1) is 21.4 Å². The molecule has 0 spiro atoms. The Labute approximate surface area is 163 Å². The number of rotatable bonds is 5. The van der Waals surface area contributed by atoms with Crippen LogP contribution in [0.5, 0.6) is 0 Å². The quantitative estimate of drug-likeness (QED) is 0.283. The summed E-state index contributed by atoms with van der Waals surface area (Å²) in [6, 6.07) is 5.91. The number of nitrogens with zero attached hydrogens (tertiary/aromatic N) is 6. The third kappa shape index (κ3) is 3.49. The van der Waals surface area contributed by atoms with Crippen LogP contribution >= 0.6 is 11.6 Å². The molecule has 0 fully saturated rings. The van der Waals surface area contributed by atoms with Crippen LogP contribution in [-0.4, -0.2) is 32.4 Å². The maximum Gasteiger partial charge on any atom is 0.289 e. The average molecular weight is 420 g/mol. The van der Waals surface area contributed by atoms with Crippen LogP contribution in [0.15, 0.2) is 47.9 Å². The first-order valence-corrected chi connectivity index (χ1v) is 9.20. The number of sulfonamides is 1. The van der Waals surface area contributed by atoms with Gasteiger partial charge in [-0.05, 0) is 18.2 Å². The van der Waals surface area contributed by atoms with E-state index in [1.165, 1.54) is 16.8 Å². The van der Waals surface area contributed by atoms with E-state index in [0.29, 0.717) is 21.1 Å². The Morgan fingerprint density at radius 3 is 2.82 bits per heavy atom. The zero-order valence-electron chi connectivity index (χ0n) is 13.8. The van der Waals surface area contributed by atoms with E-state index in [4.69, 9.17) is 22.7 Å². The number of fused-ring (bicyclic) bond motifs is 1. The van der Waals surface area contributed by atoms with E-state index in [0.717, 1.165) is 18.5 Å². The van der Waals surface area contributed by atoms with E-state index in [1.54, 1.807) is 18.3 Å². The summed E-state index contributed by atoms with van der Waals surface area (Å²) < 4.78 is 27.0. The molecule has 3 heterocycles. The molecule has 0 aromatic carbocycles. The highest BCUT2D eigenvalue weighted by Gasteiger charge is 2.26. The lowest BCUT2D eigenvalue weighted by Gasteiger charge is -2.14. The standard InChI is InChI=1S/C15H10ClN7O4S/c16-15-14(6-12(9-19-15)23(24)25)28(26,27)22(18)4-2-11-8-20-21-3-1-10(7-17)5-13(11)21/h1-6,8-9H,18H2. The Morgan fingerprint density at radius 1 is 1.39 bits per heavy atom. The van der Waals surface area contributed by atoms with Gasteiger partial charge in [0.05, 0.1) is 28.3 Å². The maximum atomic E-state index is 12.6. The molecule has 0 bridgehead atoms. The minimum atomic E-state index is -4.40. The molecule has 3 rings (SSSR count). The van der Waals surface area contributed by atoms with Crippen molar-refractivity contribution in [3.05, 3.63) is 69.4 Å². The Hall–Kier alpha value is -3.53. The van der Waals surface area contributed by atoms with E-state index < -0.39 is 30.7 Å². The Balaban J connectivity index is 1.96. The first-order valence-electron chi connectivity index (χ1n) is 7.39. The fourth-order valence-electron chi connectivity index (χ4n) is 2.24. The molecule has 0 atom stereocenters. The molecule has 28 heavy (non-hydrogen) atoms. The molecule has 3 aromatic rings. The first-order chi connectivity index (χ1) is 13.2. The molecule has 0 aliphatic rings. The summed E-state index contributed by atoms with van der Waals surface area (Å²) in [6.45, 7) is 0. The van der Waals surface area contributed by atoms with Gasteiger partial charge in [0.2, 0.25) is 0 Å². The van der Waals surface area contributed by atoms with Crippen molar-refractivity contribution in [1.29, 1.82) is 5.26 Å². The fraction of sp³-hybridized carbons (Fsp3) is 0. The topological polar surface area (TPSA) is 161 Å². The van der Waals surface area contributed by atoms with Crippen LogP contribution in [-0.2, 0) is 10.0 Å². The molecule has 11 nitrogen and oxygen atoms in total. The van der Waals surface area contributed by atoms with E-state index >= 15 is 0 Å². The predicted octanol–water partition coefficient (Wildman–Crippen LogP) is 1.70. The molecule has 0 radical (unpaired) electrons. The van der Waals surface area contributed by atoms with Crippen molar-refractivity contribution in [2.75, 3.05) is 0 Å². The number of aromatic nitrogens is 3. The third-order valence-corrected chi connectivity index (χ3v) is 5.60. The Morgan fingerprint density at radius 2 is 2.14 bits per heavy atom. The van der Waals surface area contributed by atoms with Crippen LogP contribution in [0.3, 0.4) is 0 Å². The lowest BCUT2D eigenvalue weighted by molar-refractivity contribution is -0.385. The van der Waals surface area contributed by atoms with Gasteiger partial charge >= 0.3 is 0 Å². The number of halogens is 1. The van der Waals surface area contributed by atoms with Crippen LogP contribution in [0.2, 0.25) is 5.15 Å². The second kappa shape index (κ2) is 7.24. The number of pyridine rings is 2. The second-order valence-electron chi connectivity index (χ2n) is 5.35. The van der Waals surface area contributed by atoms with Crippen molar-refractivity contribution in [2.24, 2.45) is 5.84 Å². The molecule has 0 saturated carbocycles. The zero-order chi connectivity index (χ0) is 20.5. The summed E-state index contributed by atoms with van der Waals surface area (Å²) in [6.07, 6.45) is 6.26. The summed E-state index contributed by atoms with van der Waals surface area (Å²) in [5, 5.41) is 23.5. The number of nitriles is 1. The summed E-state index contributed by atoms with van der Waals surface area (Å²) >= 11 is 5.78. The van der Waals surface area contributed by atoms with Gasteiger partial charge < -0.3 is 0 Å². The summed E-state index contributed by atoms with van der Waals surface area (Å²) in [5.74, 6) is 5.62. The minimum absolute atomic E-state index is 0.358. The van der Waals surface area contributed by atoms with Gasteiger partial charge in [0, 0.05) is 24.0 Å². The van der Waals surface area contributed by atoms with Crippen molar-refractivity contribution in [2.45, 2.75) is 4.90 Å². The van der Waals surface area contributed by atoms with Crippen molar-refractivity contribution >= 4 is 38.9 Å². The highest BCUT2D eigenvalue weighted by Crippen LogP contribution is 2.26. The highest BCUT2D eigenvalue weighted by molar-refractivity contribution is 7.89. The highest BCUT2D eigenvalue weighted by atomic mass is 35.5. The molecule has 142 valence electrons. The second-order valence-corrected chi connectivity index (χ2v) is 7.52. The molecular weight excluding hydrogens is 410 g/mol. The van der Waals surface area contributed by atoms with Gasteiger partial charge in [0.1, 0.15) is 16.2 Å². The molecule has 0 amide bonds. The summed E-state index contributed by atoms with van der Waals surface area (Å²) in [4.78, 5) is 13.0. The molecule has 0 aliphatic carbocycles. The first kappa shape index (κ1) is 19.2. The zero-order valence-corrected chi connectivity index (χ0v) is 15.4. The minimum Gasteiger partial charge on any atom is -0.258 e. The Kier molecular flexibility index (Phi) is 4.97. The molecule has 2 N–H and O–H groups in total. The summed E-state index contributed by atoms with van der Waals surface area (Å²) in [7, 11) is -4.40. The smallest absolute Gasteiger partial charge is 0.258 e. The van der Waals surface area contributed by atoms with Crippen molar-refractivity contribution in [3.63, 3.8) is 0 Å². The van der Waals surface area contributed by atoms with E-state index in [1.807, 2.05) is 6.07 Å². The van der Waals surface area contributed by atoms with Gasteiger partial charge in [-0.2, -0.15) is 18.8 Å². The maximum absolute atomic E-state index is 12.6. The monoisotopic (exact) mass is 419 g/mol. The van der Waals surface area contributed by atoms with E-state index in [2.05, 4.69) is 10.1 Å². The fourth-order valence-corrected chi connectivity index (χ4v) is 3.62. The van der Waals surface area contributed by atoms with Crippen molar-refractivity contribution < 1.29 is 13.3 Å². The average Bonchev–Trinajstić information content (AvgIpc) is 3.08. The SMILES string of the molecule is N#Cc1ccn2ncc(C=CN(N)S(=O)(=O)c3cc([N+](=O)[O-])cnc3Cl)c2c1. The molecule has 13 heteroatoms. The van der Waals surface area contributed by atoms with Crippen molar-refractivity contribution in [1.82, 2.24) is 19.0 Å². The van der Waals surface area contributed by atoms with Crippen molar-refractivity contribution in [3.8, 4) is 6.07 Å². The number of hydrazine groups is 1. The number of hydrogen-bond acceptors (Lipinski definition) is 8. The lowest BCUT2D eigenvalue weighted by Crippen LogP contribution is -2.32. The van der Waals surface area contributed by atoms with Gasteiger partial charge in [0.15, 0.2) is 0 Å². The van der Waals surface area contributed by atoms with E-state index in [9.17, 15) is 18.5 Å². The predicted molar refractivity (Wildman–Crippen MR) is 98.1 cm³/mol. The third-order valence-electron chi connectivity index (χ3n) is 3.64. The number of nitro groups is 1. The van der Waals surface area contributed by atoms with Gasteiger partial charge in [-0.15, -0.1) is 0 Å². The molecule has 0 aliphatic heterocycles. The summed E-state index contributed by atoms with van der Waals surface area (Å²) in [5.41, 5.74) is 0.892. The van der Waals surface area contributed by atoms with E-state index in [-0.39, 0.29) is 0 Å². The largest absolute Gasteiger partial charge is 0.289 e. The Bertz CT molecular complexity index is 1260. The number of nitrogens with two attached hydrogens (primary N) is 1. The molecule has 0 unspecified atom stereocenters. The van der Waals surface area contributed by atoms with Gasteiger partial charge in [-0.25, -0.2) is 19.8 Å². The van der Waals surface area contributed by atoms with Crippen LogP contribution < -0.4 is 5.84 Å². The lowest BCUT2D eigenvalue weighted by atomic mass is 10.2. The molecule has 0 saturated heterocycles. The van der Waals surface area contributed by atoms with Gasteiger partial charge in [-0.3, -0.25) is 10.1 Å². The number of hydrogen-bond donors (Lipinski definition) is 1.